The maximum Gasteiger partial charge on any atom is 0.435 e. The van der Waals surface area contributed by atoms with Crippen molar-refractivity contribution in [1.29, 1.82) is 0 Å². The van der Waals surface area contributed by atoms with Crippen LogP contribution >= 0.6 is 0 Å². The zero-order valence-corrected chi connectivity index (χ0v) is 11.6. The van der Waals surface area contributed by atoms with Crippen LogP contribution in [-0.2, 0) is 10.9 Å². The number of alkyl halides is 5. The molecule has 2 heterocycles. The number of nitrogens with zero attached hydrogens (tertiary/aromatic N) is 2. The first kappa shape index (κ1) is 15.7. The van der Waals surface area contributed by atoms with Gasteiger partial charge in [0.1, 0.15) is 6.10 Å². The smallest absolute Gasteiger partial charge is 0.385 e. The minimum atomic E-state index is -4.88. The van der Waals surface area contributed by atoms with E-state index in [0.717, 1.165) is 4.68 Å². The summed E-state index contributed by atoms with van der Waals surface area (Å²) in [6.45, 7) is 2.06. The van der Waals surface area contributed by atoms with Crippen molar-refractivity contribution in [3.63, 3.8) is 0 Å². The van der Waals surface area contributed by atoms with E-state index < -0.39 is 47.6 Å². The molecule has 22 heavy (non-hydrogen) atoms. The molecule has 1 aromatic rings. The quantitative estimate of drug-likeness (QED) is 0.807. The SMILES string of the molecule is C[C@H]1C[C@@H](n2nc(C(F)(F)F)c3c2[C@@H](F)[C@@H](F)[C@H]3O)CCO1. The molecule has 9 heteroatoms. The molecule has 4 nitrogen and oxygen atoms in total. The van der Waals surface area contributed by atoms with E-state index in [9.17, 15) is 27.1 Å². The van der Waals surface area contributed by atoms with Gasteiger partial charge in [-0.15, -0.1) is 0 Å². The number of aliphatic hydroxyl groups excluding tert-OH is 1. The van der Waals surface area contributed by atoms with Gasteiger partial charge in [0.2, 0.25) is 0 Å². The summed E-state index contributed by atoms with van der Waals surface area (Å²) in [6.07, 6.45) is -11.2. The number of hydrogen-bond acceptors (Lipinski definition) is 3. The van der Waals surface area contributed by atoms with Crippen LogP contribution in [0.5, 0.6) is 0 Å². The molecule has 0 spiro atoms. The molecule has 3 rings (SSSR count). The fourth-order valence-electron chi connectivity index (χ4n) is 3.18. The predicted octanol–water partition coefficient (Wildman–Crippen LogP) is 3.04. The Morgan fingerprint density at radius 3 is 2.59 bits per heavy atom. The summed E-state index contributed by atoms with van der Waals surface area (Å²) in [6, 6.07) is -0.510. The zero-order valence-electron chi connectivity index (χ0n) is 11.6. The Labute approximate surface area is 122 Å². The number of fused-ring (bicyclic) bond motifs is 1. The molecule has 0 unspecified atom stereocenters. The number of hydrogen-bond donors (Lipinski definition) is 1. The van der Waals surface area contributed by atoms with Crippen LogP contribution in [0.3, 0.4) is 0 Å². The van der Waals surface area contributed by atoms with Crippen LogP contribution in [0.2, 0.25) is 0 Å². The number of ether oxygens (including phenoxy) is 1. The number of aromatic nitrogens is 2. The van der Waals surface area contributed by atoms with Crippen LogP contribution in [0.15, 0.2) is 0 Å². The monoisotopic (exact) mass is 326 g/mol. The van der Waals surface area contributed by atoms with Crippen molar-refractivity contribution in [2.45, 2.75) is 56.5 Å². The fraction of sp³-hybridized carbons (Fsp3) is 0.769. The van der Waals surface area contributed by atoms with E-state index in [2.05, 4.69) is 5.10 Å². The lowest BCUT2D eigenvalue weighted by molar-refractivity contribution is -0.143. The maximum atomic E-state index is 14.1. The molecule has 0 radical (unpaired) electrons. The summed E-state index contributed by atoms with van der Waals surface area (Å²) in [5.74, 6) is 0. The second-order valence-electron chi connectivity index (χ2n) is 5.74. The molecule has 1 aliphatic heterocycles. The zero-order chi connectivity index (χ0) is 16.2. The van der Waals surface area contributed by atoms with E-state index >= 15 is 0 Å². The second-order valence-corrected chi connectivity index (χ2v) is 5.74. The first-order valence-corrected chi connectivity index (χ1v) is 6.99. The van der Waals surface area contributed by atoms with Gasteiger partial charge in [-0.2, -0.15) is 18.3 Å². The van der Waals surface area contributed by atoms with Gasteiger partial charge < -0.3 is 9.84 Å². The van der Waals surface area contributed by atoms with Gasteiger partial charge in [0, 0.05) is 12.2 Å². The topological polar surface area (TPSA) is 47.3 Å². The molecular weight excluding hydrogens is 311 g/mol. The van der Waals surface area contributed by atoms with Gasteiger partial charge in [-0.3, -0.25) is 4.68 Å². The predicted molar refractivity (Wildman–Crippen MR) is 64.6 cm³/mol. The van der Waals surface area contributed by atoms with Crippen LogP contribution in [0.4, 0.5) is 22.0 Å². The van der Waals surface area contributed by atoms with Crippen LogP contribution in [0.1, 0.15) is 55.0 Å². The van der Waals surface area contributed by atoms with Crippen LogP contribution in [-0.4, -0.2) is 33.8 Å². The number of rotatable bonds is 1. The highest BCUT2D eigenvalue weighted by Gasteiger charge is 2.52. The lowest BCUT2D eigenvalue weighted by Gasteiger charge is -2.28. The molecule has 1 saturated heterocycles. The number of aliphatic hydroxyl groups is 1. The Balaban J connectivity index is 2.11. The average molecular weight is 326 g/mol. The van der Waals surface area contributed by atoms with E-state index in [1.807, 2.05) is 0 Å². The van der Waals surface area contributed by atoms with Gasteiger partial charge in [-0.05, 0) is 19.8 Å². The van der Waals surface area contributed by atoms with Gasteiger partial charge in [0.25, 0.3) is 0 Å². The Kier molecular flexibility index (Phi) is 3.67. The highest BCUT2D eigenvalue weighted by molar-refractivity contribution is 5.39. The molecule has 1 fully saturated rings. The van der Waals surface area contributed by atoms with Crippen molar-refractivity contribution in [3.05, 3.63) is 17.0 Å². The Morgan fingerprint density at radius 1 is 1.32 bits per heavy atom. The summed E-state index contributed by atoms with van der Waals surface area (Å²) < 4.78 is 73.2. The van der Waals surface area contributed by atoms with Crippen molar-refractivity contribution in [2.75, 3.05) is 6.61 Å². The van der Waals surface area contributed by atoms with Crippen molar-refractivity contribution in [2.24, 2.45) is 0 Å². The second kappa shape index (κ2) is 5.16. The fourth-order valence-corrected chi connectivity index (χ4v) is 3.18. The van der Waals surface area contributed by atoms with Crippen molar-refractivity contribution >= 4 is 0 Å². The highest BCUT2D eigenvalue weighted by Crippen LogP contribution is 2.49. The third kappa shape index (κ3) is 2.30. The summed E-state index contributed by atoms with van der Waals surface area (Å²) in [4.78, 5) is 0. The molecule has 1 aromatic heterocycles. The normalized spacial score (nSPS) is 35.7. The van der Waals surface area contributed by atoms with E-state index in [-0.39, 0.29) is 6.10 Å². The molecule has 2 aliphatic rings. The van der Waals surface area contributed by atoms with Crippen molar-refractivity contribution < 1.29 is 31.8 Å². The van der Waals surface area contributed by atoms with Gasteiger partial charge >= 0.3 is 6.18 Å². The van der Waals surface area contributed by atoms with Gasteiger partial charge in [0.15, 0.2) is 18.0 Å². The van der Waals surface area contributed by atoms with Crippen LogP contribution in [0, 0.1) is 0 Å². The Morgan fingerprint density at radius 2 is 2.00 bits per heavy atom. The van der Waals surface area contributed by atoms with Gasteiger partial charge in [-0.1, -0.05) is 0 Å². The van der Waals surface area contributed by atoms with Gasteiger partial charge in [-0.25, -0.2) is 8.78 Å². The minimum Gasteiger partial charge on any atom is -0.385 e. The summed E-state index contributed by atoms with van der Waals surface area (Å²) >= 11 is 0. The Bertz CT molecular complexity index is 574. The van der Waals surface area contributed by atoms with E-state index in [4.69, 9.17) is 4.74 Å². The van der Waals surface area contributed by atoms with Crippen molar-refractivity contribution in [3.8, 4) is 0 Å². The van der Waals surface area contributed by atoms with Crippen LogP contribution < -0.4 is 0 Å². The van der Waals surface area contributed by atoms with Crippen LogP contribution in [0.25, 0.3) is 0 Å². The standard InChI is InChI=1S/C13H15F5N2O2/c1-5-4-6(2-3-22-5)20-10-7(11(21)9(15)8(10)14)12(19-20)13(16,17)18/h5-6,8-9,11,21H,2-4H2,1H3/t5-,6-,8-,9+,11-/m0/s1. The van der Waals surface area contributed by atoms with Gasteiger partial charge in [0.05, 0.1) is 17.8 Å². The molecule has 124 valence electrons. The lowest BCUT2D eigenvalue weighted by Crippen LogP contribution is -2.28. The molecule has 1 N–H and O–H groups in total. The van der Waals surface area contributed by atoms with E-state index in [1.165, 1.54) is 0 Å². The largest absolute Gasteiger partial charge is 0.435 e. The summed E-state index contributed by atoms with van der Waals surface area (Å²) in [5, 5.41) is 13.1. The molecule has 0 amide bonds. The van der Waals surface area contributed by atoms with E-state index in [0.29, 0.717) is 19.4 Å². The molecule has 0 aromatic carbocycles. The highest BCUT2D eigenvalue weighted by atomic mass is 19.4. The first-order chi connectivity index (χ1) is 10.2. The lowest BCUT2D eigenvalue weighted by atomic mass is 10.0. The minimum absolute atomic E-state index is 0.210. The number of halogens is 5. The molecule has 5 atom stereocenters. The maximum absolute atomic E-state index is 14.1. The van der Waals surface area contributed by atoms with Crippen molar-refractivity contribution in [1.82, 2.24) is 9.78 Å². The molecule has 0 bridgehead atoms. The third-order valence-corrected chi connectivity index (χ3v) is 4.20. The average Bonchev–Trinajstić information content (AvgIpc) is 2.93. The summed E-state index contributed by atoms with van der Waals surface area (Å²) in [5.41, 5.74) is -2.67. The molecule has 0 saturated carbocycles. The third-order valence-electron chi connectivity index (χ3n) is 4.20. The molecular formula is C13H15F5N2O2. The molecule has 1 aliphatic carbocycles. The van der Waals surface area contributed by atoms with E-state index in [1.54, 1.807) is 6.92 Å². The Hall–Kier alpha value is -1.22. The summed E-state index contributed by atoms with van der Waals surface area (Å²) in [7, 11) is 0. The first-order valence-electron chi connectivity index (χ1n) is 6.99.